The molecule has 2 aliphatic rings. The first-order valence-electron chi connectivity index (χ1n) is 7.14. The molecule has 1 amide bonds. The van der Waals surface area contributed by atoms with Crippen molar-refractivity contribution in [3.8, 4) is 0 Å². The fourth-order valence-corrected chi connectivity index (χ4v) is 3.18. The number of carbonyl (C=O) groups is 1. The van der Waals surface area contributed by atoms with E-state index in [-0.39, 0.29) is 5.92 Å². The van der Waals surface area contributed by atoms with Crippen molar-refractivity contribution in [3.05, 3.63) is 0 Å². The summed E-state index contributed by atoms with van der Waals surface area (Å²) in [7, 11) is 0. The van der Waals surface area contributed by atoms with Gasteiger partial charge in [0.25, 0.3) is 0 Å². The van der Waals surface area contributed by atoms with Crippen LogP contribution in [-0.2, 0) is 4.79 Å². The van der Waals surface area contributed by atoms with Crippen LogP contribution in [0.5, 0.6) is 0 Å². The van der Waals surface area contributed by atoms with Crippen LogP contribution in [0.4, 0.5) is 0 Å². The molecular formula is C14H26N2O. The summed E-state index contributed by atoms with van der Waals surface area (Å²) >= 11 is 0. The zero-order valence-electron chi connectivity index (χ0n) is 11.4. The highest BCUT2D eigenvalue weighted by Gasteiger charge is 2.36. The number of hydrogen-bond donors (Lipinski definition) is 1. The van der Waals surface area contributed by atoms with Gasteiger partial charge in [0.15, 0.2) is 0 Å². The lowest BCUT2D eigenvalue weighted by Crippen LogP contribution is -2.49. The molecular weight excluding hydrogens is 212 g/mol. The van der Waals surface area contributed by atoms with Crippen molar-refractivity contribution in [2.45, 2.75) is 46.1 Å². The molecule has 17 heavy (non-hydrogen) atoms. The smallest absolute Gasteiger partial charge is 0.227 e. The van der Waals surface area contributed by atoms with Gasteiger partial charge >= 0.3 is 0 Å². The van der Waals surface area contributed by atoms with Crippen molar-refractivity contribution in [3.63, 3.8) is 0 Å². The van der Waals surface area contributed by atoms with Crippen LogP contribution in [-0.4, -0.2) is 36.5 Å². The third-order valence-electron chi connectivity index (χ3n) is 4.67. The molecule has 0 aromatic carbocycles. The van der Waals surface area contributed by atoms with Crippen LogP contribution in [0.2, 0.25) is 0 Å². The maximum Gasteiger partial charge on any atom is 0.227 e. The molecule has 98 valence electrons. The van der Waals surface area contributed by atoms with Crippen LogP contribution < -0.4 is 5.32 Å². The van der Waals surface area contributed by atoms with Crippen molar-refractivity contribution in [2.75, 3.05) is 19.6 Å². The molecule has 2 rings (SSSR count). The first kappa shape index (κ1) is 12.9. The highest BCUT2D eigenvalue weighted by Crippen LogP contribution is 2.27. The molecule has 2 fully saturated rings. The Bertz CT molecular complexity index is 279. The van der Waals surface area contributed by atoms with Crippen molar-refractivity contribution < 1.29 is 4.79 Å². The number of nitrogens with one attached hydrogen (secondary N) is 1. The van der Waals surface area contributed by atoms with E-state index in [1.54, 1.807) is 0 Å². The minimum Gasteiger partial charge on any atom is -0.339 e. The topological polar surface area (TPSA) is 32.3 Å². The number of nitrogens with zero attached hydrogens (tertiary/aromatic N) is 1. The van der Waals surface area contributed by atoms with E-state index in [1.807, 2.05) is 0 Å². The Morgan fingerprint density at radius 2 is 2.06 bits per heavy atom. The Hall–Kier alpha value is -0.570. The third-order valence-corrected chi connectivity index (χ3v) is 4.67. The zero-order valence-corrected chi connectivity index (χ0v) is 11.4. The predicted molar refractivity (Wildman–Crippen MR) is 69.7 cm³/mol. The lowest BCUT2D eigenvalue weighted by Gasteiger charge is -2.39. The normalized spacial score (nSPS) is 38.4. The van der Waals surface area contributed by atoms with E-state index in [9.17, 15) is 4.79 Å². The second-order valence-electron chi connectivity index (χ2n) is 5.93. The van der Waals surface area contributed by atoms with Gasteiger partial charge in [-0.15, -0.1) is 0 Å². The van der Waals surface area contributed by atoms with Gasteiger partial charge in [0.2, 0.25) is 5.91 Å². The summed E-state index contributed by atoms with van der Waals surface area (Å²) in [6.45, 7) is 9.49. The van der Waals surface area contributed by atoms with Gasteiger partial charge in [-0.1, -0.05) is 20.3 Å². The highest BCUT2D eigenvalue weighted by atomic mass is 16.2. The average molecular weight is 238 g/mol. The van der Waals surface area contributed by atoms with E-state index in [0.717, 1.165) is 25.6 Å². The van der Waals surface area contributed by atoms with E-state index >= 15 is 0 Å². The molecule has 1 N–H and O–H groups in total. The van der Waals surface area contributed by atoms with E-state index in [2.05, 4.69) is 31.0 Å². The molecule has 0 aromatic heterocycles. The highest BCUT2D eigenvalue weighted by molar-refractivity contribution is 5.80. The van der Waals surface area contributed by atoms with E-state index in [1.165, 1.54) is 19.3 Å². The summed E-state index contributed by atoms with van der Waals surface area (Å²) in [4.78, 5) is 14.7. The third kappa shape index (κ3) is 2.65. The summed E-state index contributed by atoms with van der Waals surface area (Å²) < 4.78 is 0. The second-order valence-corrected chi connectivity index (χ2v) is 5.93. The van der Waals surface area contributed by atoms with Crippen LogP contribution in [0, 0.1) is 17.8 Å². The van der Waals surface area contributed by atoms with Gasteiger partial charge in [-0.3, -0.25) is 4.79 Å². The molecule has 0 bridgehead atoms. The molecule has 3 nitrogen and oxygen atoms in total. The van der Waals surface area contributed by atoms with Gasteiger partial charge in [-0.2, -0.15) is 0 Å². The van der Waals surface area contributed by atoms with Crippen LogP contribution in [0.1, 0.15) is 40.0 Å². The van der Waals surface area contributed by atoms with Gasteiger partial charge < -0.3 is 10.2 Å². The quantitative estimate of drug-likeness (QED) is 0.796. The Labute approximate surface area is 105 Å². The Morgan fingerprint density at radius 3 is 2.65 bits per heavy atom. The Kier molecular flexibility index (Phi) is 4.08. The van der Waals surface area contributed by atoms with Crippen molar-refractivity contribution in [1.29, 1.82) is 0 Å². The number of carbonyl (C=O) groups excluding carboxylic acids is 1. The average Bonchev–Trinajstić information content (AvgIpc) is 2.75. The number of likely N-dealkylation sites (tertiary alicyclic amines) is 1. The fourth-order valence-electron chi connectivity index (χ4n) is 3.18. The molecule has 0 spiro atoms. The number of rotatable bonds is 2. The van der Waals surface area contributed by atoms with Crippen LogP contribution in [0.3, 0.4) is 0 Å². The van der Waals surface area contributed by atoms with Gasteiger partial charge in [0, 0.05) is 19.1 Å². The molecule has 0 saturated carbocycles. The molecule has 2 heterocycles. The molecule has 0 radical (unpaired) electrons. The minimum absolute atomic E-state index is 0.216. The first-order valence-corrected chi connectivity index (χ1v) is 7.14. The monoisotopic (exact) mass is 238 g/mol. The summed E-state index contributed by atoms with van der Waals surface area (Å²) in [5, 5.41) is 3.33. The molecule has 0 aliphatic carbocycles. The fraction of sp³-hybridized carbons (Fsp3) is 0.929. The Balaban J connectivity index is 2.01. The Morgan fingerprint density at radius 1 is 1.29 bits per heavy atom. The van der Waals surface area contributed by atoms with Gasteiger partial charge in [-0.05, 0) is 38.1 Å². The van der Waals surface area contributed by atoms with Crippen molar-refractivity contribution >= 4 is 5.91 Å². The van der Waals surface area contributed by atoms with Crippen molar-refractivity contribution in [1.82, 2.24) is 10.2 Å². The van der Waals surface area contributed by atoms with Crippen LogP contribution >= 0.6 is 0 Å². The number of amides is 1. The second kappa shape index (κ2) is 5.38. The first-order chi connectivity index (χ1) is 8.13. The van der Waals surface area contributed by atoms with Crippen molar-refractivity contribution in [2.24, 2.45) is 17.8 Å². The molecule has 3 heteroatoms. The van der Waals surface area contributed by atoms with E-state index < -0.39 is 0 Å². The van der Waals surface area contributed by atoms with E-state index in [4.69, 9.17) is 0 Å². The summed E-state index contributed by atoms with van der Waals surface area (Å²) in [6, 6.07) is 0.443. The summed E-state index contributed by atoms with van der Waals surface area (Å²) in [5.74, 6) is 1.83. The van der Waals surface area contributed by atoms with E-state index in [0.29, 0.717) is 17.9 Å². The number of piperidine rings is 1. The van der Waals surface area contributed by atoms with Gasteiger partial charge in [0.05, 0.1) is 5.92 Å². The lowest BCUT2D eigenvalue weighted by atomic mass is 9.89. The maximum absolute atomic E-state index is 12.6. The van der Waals surface area contributed by atoms with Gasteiger partial charge in [0.1, 0.15) is 0 Å². The summed E-state index contributed by atoms with van der Waals surface area (Å²) in [6.07, 6.45) is 3.67. The molecule has 2 saturated heterocycles. The largest absolute Gasteiger partial charge is 0.339 e. The van der Waals surface area contributed by atoms with Crippen LogP contribution in [0.25, 0.3) is 0 Å². The zero-order chi connectivity index (χ0) is 12.4. The predicted octanol–water partition coefficient (Wildman–Crippen LogP) is 1.88. The lowest BCUT2D eigenvalue weighted by molar-refractivity contribution is -0.140. The number of hydrogen-bond acceptors (Lipinski definition) is 2. The molecule has 2 aliphatic heterocycles. The SMILES string of the molecule is CCC1CCC(C)N(C(=O)[C@@H]2CNC[C@H]2C)C1. The molecule has 0 aromatic rings. The summed E-state index contributed by atoms with van der Waals surface area (Å²) in [5.41, 5.74) is 0. The standard InChI is InChI=1S/C14H26N2O/c1-4-12-6-5-11(3)16(9-12)14(17)13-8-15-7-10(13)2/h10-13,15H,4-9H2,1-3H3/t10-,11?,12?,13-/m1/s1. The van der Waals surface area contributed by atoms with Gasteiger partial charge in [-0.25, -0.2) is 0 Å². The molecule has 2 unspecified atom stereocenters. The molecule has 4 atom stereocenters. The minimum atomic E-state index is 0.216. The van der Waals surface area contributed by atoms with Crippen LogP contribution in [0.15, 0.2) is 0 Å². The maximum atomic E-state index is 12.6.